The molecule has 4 nitrogen and oxygen atoms in total. The van der Waals surface area contributed by atoms with Gasteiger partial charge in [0.15, 0.2) is 0 Å². The first-order valence-electron chi connectivity index (χ1n) is 5.79. The van der Waals surface area contributed by atoms with Crippen molar-refractivity contribution in [1.29, 1.82) is 0 Å². The normalized spacial score (nSPS) is 15.7. The smallest absolute Gasteiger partial charge is 0.234 e. The number of rotatable bonds is 3. The highest BCUT2D eigenvalue weighted by Crippen LogP contribution is 2.35. The lowest BCUT2D eigenvalue weighted by molar-refractivity contribution is -0.121. The van der Waals surface area contributed by atoms with E-state index in [1.165, 1.54) is 4.90 Å². The molecule has 0 atom stereocenters. The molecule has 1 aromatic carbocycles. The second-order valence-corrected chi connectivity index (χ2v) is 3.93. The van der Waals surface area contributed by atoms with Crippen LogP contribution in [0, 0.1) is 0 Å². The molecule has 0 N–H and O–H groups in total. The van der Waals surface area contributed by atoms with Crippen LogP contribution in [0.1, 0.15) is 25.3 Å². The highest BCUT2D eigenvalue weighted by molar-refractivity contribution is 6.21. The zero-order valence-electron chi connectivity index (χ0n) is 10.2. The molecule has 0 bridgehead atoms. The third-order valence-corrected chi connectivity index (χ3v) is 2.82. The molecule has 4 heteroatoms. The van der Waals surface area contributed by atoms with Crippen LogP contribution in [0.15, 0.2) is 29.8 Å². The highest BCUT2D eigenvalue weighted by atomic mass is 16.2. The molecular formula is C14H14N2O2. The fourth-order valence-corrected chi connectivity index (χ4v) is 2.01. The topological polar surface area (TPSA) is 49.7 Å². The summed E-state index contributed by atoms with van der Waals surface area (Å²) in [7, 11) is 0. The number of carbonyl (C=O) groups excluding carboxylic acids is 2. The van der Waals surface area contributed by atoms with E-state index < -0.39 is 0 Å². The van der Waals surface area contributed by atoms with Crippen LogP contribution in [0.2, 0.25) is 0 Å². The second-order valence-electron chi connectivity index (χ2n) is 3.93. The van der Waals surface area contributed by atoms with Crippen molar-refractivity contribution in [2.24, 2.45) is 4.99 Å². The Hall–Kier alpha value is -2.23. The lowest BCUT2D eigenvalue weighted by Crippen LogP contribution is -2.28. The van der Waals surface area contributed by atoms with Gasteiger partial charge in [0.2, 0.25) is 11.8 Å². The van der Waals surface area contributed by atoms with Gasteiger partial charge in [-0.2, -0.15) is 0 Å². The lowest BCUT2D eigenvalue weighted by atomic mass is 10.1. The zero-order chi connectivity index (χ0) is 13.1. The van der Waals surface area contributed by atoms with Gasteiger partial charge < -0.3 is 0 Å². The minimum atomic E-state index is -0.172. The Morgan fingerprint density at radius 3 is 2.50 bits per heavy atom. The minimum absolute atomic E-state index is 0.172. The van der Waals surface area contributed by atoms with E-state index in [0.717, 1.165) is 5.56 Å². The Bertz CT molecular complexity index is 531. The Balaban J connectivity index is 2.59. The lowest BCUT2D eigenvalue weighted by Gasteiger charge is -2.17. The summed E-state index contributed by atoms with van der Waals surface area (Å²) >= 11 is 0. The van der Waals surface area contributed by atoms with Crippen LogP contribution < -0.4 is 4.90 Å². The van der Waals surface area contributed by atoms with Crippen molar-refractivity contribution in [3.8, 4) is 0 Å². The summed E-state index contributed by atoms with van der Waals surface area (Å²) in [5.74, 6) is -0.345. The van der Waals surface area contributed by atoms with Crippen LogP contribution >= 0.6 is 0 Å². The molecule has 1 aliphatic heterocycles. The summed E-state index contributed by atoms with van der Waals surface area (Å²) < 4.78 is 0. The fraction of sp³-hybridized carbons (Fsp3) is 0.214. The molecule has 0 spiro atoms. The molecule has 2 rings (SSSR count). The molecule has 18 heavy (non-hydrogen) atoms. The summed E-state index contributed by atoms with van der Waals surface area (Å²) in [4.78, 5) is 29.0. The number of hydrogen-bond acceptors (Lipinski definition) is 3. The van der Waals surface area contributed by atoms with Gasteiger partial charge in [-0.3, -0.25) is 14.6 Å². The molecule has 0 radical (unpaired) electrons. The van der Waals surface area contributed by atoms with E-state index in [1.54, 1.807) is 31.3 Å². The van der Waals surface area contributed by atoms with Gasteiger partial charge in [-0.15, -0.1) is 0 Å². The van der Waals surface area contributed by atoms with Crippen molar-refractivity contribution in [2.75, 3.05) is 4.90 Å². The van der Waals surface area contributed by atoms with Gasteiger partial charge in [0.1, 0.15) is 0 Å². The predicted octanol–water partition coefficient (Wildman–Crippen LogP) is 2.71. The van der Waals surface area contributed by atoms with Crippen LogP contribution in [-0.4, -0.2) is 18.0 Å². The van der Waals surface area contributed by atoms with E-state index in [4.69, 9.17) is 0 Å². The van der Waals surface area contributed by atoms with E-state index in [0.29, 0.717) is 11.4 Å². The number of benzene rings is 1. The molecule has 92 valence electrons. The second kappa shape index (κ2) is 4.96. The Labute approximate surface area is 106 Å². The molecular weight excluding hydrogens is 228 g/mol. The number of aliphatic imine (C=N–C) groups is 1. The van der Waals surface area contributed by atoms with E-state index in [-0.39, 0.29) is 24.7 Å². The largest absolute Gasteiger partial charge is 0.274 e. The number of carbonyl (C=O) groups is 2. The van der Waals surface area contributed by atoms with Gasteiger partial charge in [-0.05, 0) is 13.0 Å². The van der Waals surface area contributed by atoms with Crippen LogP contribution in [0.4, 0.5) is 11.4 Å². The van der Waals surface area contributed by atoms with Crippen molar-refractivity contribution in [3.05, 3.63) is 30.3 Å². The zero-order valence-corrected chi connectivity index (χ0v) is 10.2. The van der Waals surface area contributed by atoms with Gasteiger partial charge in [0, 0.05) is 24.6 Å². The van der Waals surface area contributed by atoms with Crippen LogP contribution in [-0.2, 0) is 9.59 Å². The van der Waals surface area contributed by atoms with Gasteiger partial charge >= 0.3 is 0 Å². The summed E-state index contributed by atoms with van der Waals surface area (Å²) in [5.41, 5.74) is 1.95. The minimum Gasteiger partial charge on any atom is -0.274 e. The first kappa shape index (κ1) is 12.2. The fourth-order valence-electron chi connectivity index (χ4n) is 2.01. The number of hydrogen-bond donors (Lipinski definition) is 0. The number of para-hydroxylation sites is 1. The molecule has 2 amide bonds. The van der Waals surface area contributed by atoms with Gasteiger partial charge in [-0.1, -0.05) is 24.8 Å². The van der Waals surface area contributed by atoms with Crippen LogP contribution in [0.3, 0.4) is 0 Å². The molecule has 1 aliphatic rings. The molecule has 0 unspecified atom stereocenters. The van der Waals surface area contributed by atoms with Crippen LogP contribution in [0.25, 0.3) is 6.08 Å². The Morgan fingerprint density at radius 2 is 1.94 bits per heavy atom. The first-order valence-corrected chi connectivity index (χ1v) is 5.79. The first-order chi connectivity index (χ1) is 8.69. The quantitative estimate of drug-likeness (QED) is 0.604. The van der Waals surface area contributed by atoms with Crippen molar-refractivity contribution < 1.29 is 9.59 Å². The number of imide groups is 1. The van der Waals surface area contributed by atoms with Gasteiger partial charge in [0.25, 0.3) is 0 Å². The Kier molecular flexibility index (Phi) is 3.37. The van der Waals surface area contributed by atoms with E-state index >= 15 is 0 Å². The maximum atomic E-state index is 11.8. The monoisotopic (exact) mass is 242 g/mol. The predicted molar refractivity (Wildman–Crippen MR) is 72.1 cm³/mol. The third kappa shape index (κ3) is 1.97. The van der Waals surface area contributed by atoms with Crippen molar-refractivity contribution in [1.82, 2.24) is 0 Å². The SMILES string of the molecule is C=Cc1cccc(N2C(=O)CCC2=O)c1N=CC. The van der Waals surface area contributed by atoms with Crippen molar-refractivity contribution in [3.63, 3.8) is 0 Å². The molecule has 1 fully saturated rings. The van der Waals surface area contributed by atoms with E-state index in [2.05, 4.69) is 11.6 Å². The number of nitrogens with zero attached hydrogens (tertiary/aromatic N) is 2. The number of amides is 2. The van der Waals surface area contributed by atoms with Crippen molar-refractivity contribution in [2.45, 2.75) is 19.8 Å². The summed E-state index contributed by atoms with van der Waals surface area (Å²) in [6.07, 6.45) is 3.84. The van der Waals surface area contributed by atoms with E-state index in [1.807, 2.05) is 6.07 Å². The highest BCUT2D eigenvalue weighted by Gasteiger charge is 2.32. The molecule has 0 saturated carbocycles. The van der Waals surface area contributed by atoms with Crippen molar-refractivity contribution >= 4 is 35.5 Å². The standard InChI is InChI=1S/C14H14N2O2/c1-3-10-6-5-7-11(14(10)15-4-2)16-12(17)8-9-13(16)18/h3-7H,1,8-9H2,2H3. The average Bonchev–Trinajstić information content (AvgIpc) is 2.70. The number of anilines is 1. The summed E-state index contributed by atoms with van der Waals surface area (Å²) in [5, 5.41) is 0. The molecule has 1 saturated heterocycles. The van der Waals surface area contributed by atoms with E-state index in [9.17, 15) is 9.59 Å². The Morgan fingerprint density at radius 1 is 1.28 bits per heavy atom. The van der Waals surface area contributed by atoms with Gasteiger partial charge in [-0.25, -0.2) is 4.90 Å². The maximum Gasteiger partial charge on any atom is 0.234 e. The maximum absolute atomic E-state index is 11.8. The van der Waals surface area contributed by atoms with Gasteiger partial charge in [0.05, 0.1) is 11.4 Å². The summed E-state index contributed by atoms with van der Waals surface area (Å²) in [6.45, 7) is 5.51. The molecule has 1 aromatic rings. The molecule has 1 heterocycles. The third-order valence-electron chi connectivity index (χ3n) is 2.82. The summed E-state index contributed by atoms with van der Waals surface area (Å²) in [6, 6.07) is 5.38. The average molecular weight is 242 g/mol. The van der Waals surface area contributed by atoms with Crippen LogP contribution in [0.5, 0.6) is 0 Å². The molecule has 0 aromatic heterocycles. The molecule has 0 aliphatic carbocycles.